The summed E-state index contributed by atoms with van der Waals surface area (Å²) in [5.41, 5.74) is 4.23. The van der Waals surface area contributed by atoms with E-state index in [2.05, 4.69) is 31.4 Å². The molecule has 0 saturated heterocycles. The number of nitrogens with zero attached hydrogens (tertiary/aromatic N) is 2. The maximum atomic E-state index is 12.0. The fourth-order valence-corrected chi connectivity index (χ4v) is 2.55. The molecule has 0 atom stereocenters. The lowest BCUT2D eigenvalue weighted by Gasteiger charge is -2.03. The van der Waals surface area contributed by atoms with E-state index in [1.807, 2.05) is 12.1 Å². The van der Waals surface area contributed by atoms with Crippen LogP contribution in [0.1, 0.15) is 15.9 Å². The van der Waals surface area contributed by atoms with Crippen LogP contribution in [-0.2, 0) is 0 Å². The molecular weight excluding hydrogens is 358 g/mol. The van der Waals surface area contributed by atoms with Gasteiger partial charge in [-0.1, -0.05) is 28.1 Å². The average Bonchev–Trinajstić information content (AvgIpc) is 2.57. The van der Waals surface area contributed by atoms with Gasteiger partial charge in [-0.25, -0.2) is 5.43 Å². The molecule has 0 spiro atoms. The van der Waals surface area contributed by atoms with Crippen LogP contribution in [0.3, 0.4) is 0 Å². The predicted molar refractivity (Wildman–Crippen MR) is 92.6 cm³/mol. The number of aromatic nitrogens is 1. The number of benzene rings is 2. The summed E-state index contributed by atoms with van der Waals surface area (Å²) in [6.07, 6.45) is 3.14. The SMILES string of the molecule is O=C(N/N=C\c1ccc(O)c2ncccc12)c1cccc(Br)c1. The Labute approximate surface area is 140 Å². The maximum absolute atomic E-state index is 12.0. The summed E-state index contributed by atoms with van der Waals surface area (Å²) >= 11 is 3.32. The number of hydrazone groups is 1. The van der Waals surface area contributed by atoms with Gasteiger partial charge in [0, 0.05) is 27.2 Å². The molecule has 2 N–H and O–H groups in total. The van der Waals surface area contributed by atoms with Crippen LogP contribution in [0.2, 0.25) is 0 Å². The Kier molecular flexibility index (Phi) is 4.34. The number of carbonyl (C=O) groups is 1. The van der Waals surface area contributed by atoms with Crippen LogP contribution >= 0.6 is 15.9 Å². The lowest BCUT2D eigenvalue weighted by Crippen LogP contribution is -2.17. The van der Waals surface area contributed by atoms with Crippen LogP contribution in [0.5, 0.6) is 5.75 Å². The largest absolute Gasteiger partial charge is 0.506 e. The van der Waals surface area contributed by atoms with Gasteiger partial charge in [0.25, 0.3) is 5.91 Å². The van der Waals surface area contributed by atoms with Crippen molar-refractivity contribution in [1.29, 1.82) is 0 Å². The second-order valence-electron chi connectivity index (χ2n) is 4.78. The van der Waals surface area contributed by atoms with E-state index in [0.29, 0.717) is 11.1 Å². The number of fused-ring (bicyclic) bond motifs is 1. The van der Waals surface area contributed by atoms with Crippen molar-refractivity contribution < 1.29 is 9.90 Å². The molecule has 0 radical (unpaired) electrons. The Hall–Kier alpha value is -2.73. The number of carbonyl (C=O) groups excluding carboxylic acids is 1. The molecule has 23 heavy (non-hydrogen) atoms. The fraction of sp³-hybridized carbons (Fsp3) is 0. The monoisotopic (exact) mass is 369 g/mol. The summed E-state index contributed by atoms with van der Waals surface area (Å²) in [4.78, 5) is 16.1. The Morgan fingerprint density at radius 3 is 2.91 bits per heavy atom. The zero-order valence-electron chi connectivity index (χ0n) is 11.9. The molecule has 0 saturated carbocycles. The minimum Gasteiger partial charge on any atom is -0.506 e. The summed E-state index contributed by atoms with van der Waals surface area (Å²) in [6, 6.07) is 13.9. The van der Waals surface area contributed by atoms with Gasteiger partial charge in [0.15, 0.2) is 0 Å². The van der Waals surface area contributed by atoms with E-state index in [0.717, 1.165) is 15.4 Å². The van der Waals surface area contributed by atoms with E-state index in [1.54, 1.807) is 42.6 Å². The molecule has 0 fully saturated rings. The predicted octanol–water partition coefficient (Wildman–Crippen LogP) is 3.47. The van der Waals surface area contributed by atoms with Gasteiger partial charge < -0.3 is 5.11 Å². The zero-order valence-corrected chi connectivity index (χ0v) is 13.5. The van der Waals surface area contributed by atoms with Crippen LogP contribution in [0, 0.1) is 0 Å². The molecule has 0 unspecified atom stereocenters. The maximum Gasteiger partial charge on any atom is 0.271 e. The topological polar surface area (TPSA) is 74.6 Å². The van der Waals surface area contributed by atoms with Crippen LogP contribution in [0.4, 0.5) is 0 Å². The minimum atomic E-state index is -0.302. The van der Waals surface area contributed by atoms with Crippen molar-refractivity contribution in [3.8, 4) is 5.75 Å². The number of aromatic hydroxyl groups is 1. The number of nitrogens with one attached hydrogen (secondary N) is 1. The molecule has 2 aromatic carbocycles. The van der Waals surface area contributed by atoms with Gasteiger partial charge in [-0.2, -0.15) is 5.10 Å². The molecule has 0 aliphatic heterocycles. The van der Waals surface area contributed by atoms with Crippen molar-refractivity contribution in [3.63, 3.8) is 0 Å². The molecule has 6 heteroatoms. The van der Waals surface area contributed by atoms with E-state index >= 15 is 0 Å². The molecule has 1 heterocycles. The molecule has 0 aliphatic rings. The Balaban J connectivity index is 1.81. The van der Waals surface area contributed by atoms with Crippen LogP contribution < -0.4 is 5.43 Å². The molecule has 3 aromatic rings. The number of phenols is 1. The lowest BCUT2D eigenvalue weighted by molar-refractivity contribution is 0.0955. The molecular formula is C17H12BrN3O2. The van der Waals surface area contributed by atoms with E-state index < -0.39 is 0 Å². The van der Waals surface area contributed by atoms with E-state index in [-0.39, 0.29) is 11.7 Å². The van der Waals surface area contributed by atoms with Crippen molar-refractivity contribution >= 4 is 39.0 Å². The zero-order chi connectivity index (χ0) is 16.2. The highest BCUT2D eigenvalue weighted by molar-refractivity contribution is 9.10. The van der Waals surface area contributed by atoms with Crippen molar-refractivity contribution in [2.75, 3.05) is 0 Å². The van der Waals surface area contributed by atoms with Crippen molar-refractivity contribution in [2.45, 2.75) is 0 Å². The van der Waals surface area contributed by atoms with Gasteiger partial charge >= 0.3 is 0 Å². The van der Waals surface area contributed by atoms with Crippen LogP contribution in [-0.4, -0.2) is 22.2 Å². The van der Waals surface area contributed by atoms with Gasteiger partial charge in [0.05, 0.1) is 6.21 Å². The van der Waals surface area contributed by atoms with Gasteiger partial charge in [-0.15, -0.1) is 0 Å². The number of hydrogen-bond donors (Lipinski definition) is 2. The molecule has 0 aliphatic carbocycles. The molecule has 1 amide bonds. The molecule has 114 valence electrons. The second kappa shape index (κ2) is 6.58. The highest BCUT2D eigenvalue weighted by Crippen LogP contribution is 2.24. The number of rotatable bonds is 3. The van der Waals surface area contributed by atoms with Gasteiger partial charge in [0.1, 0.15) is 11.3 Å². The highest BCUT2D eigenvalue weighted by atomic mass is 79.9. The van der Waals surface area contributed by atoms with Gasteiger partial charge in [-0.05, 0) is 36.4 Å². The average molecular weight is 370 g/mol. The number of halogens is 1. The first-order chi connectivity index (χ1) is 11.1. The van der Waals surface area contributed by atoms with Crippen molar-refractivity contribution in [1.82, 2.24) is 10.4 Å². The number of phenolic OH excluding ortho intramolecular Hbond substituents is 1. The lowest BCUT2D eigenvalue weighted by atomic mass is 10.1. The third-order valence-corrected chi connectivity index (χ3v) is 3.73. The summed E-state index contributed by atoms with van der Waals surface area (Å²) in [6.45, 7) is 0. The van der Waals surface area contributed by atoms with E-state index in [1.165, 1.54) is 6.21 Å². The van der Waals surface area contributed by atoms with Crippen molar-refractivity contribution in [3.05, 3.63) is 70.3 Å². The Bertz CT molecular complexity index is 909. The smallest absolute Gasteiger partial charge is 0.271 e. The van der Waals surface area contributed by atoms with E-state index in [9.17, 15) is 9.90 Å². The summed E-state index contributed by atoms with van der Waals surface area (Å²) in [7, 11) is 0. The Morgan fingerprint density at radius 2 is 2.09 bits per heavy atom. The van der Waals surface area contributed by atoms with Gasteiger partial charge in [0.2, 0.25) is 0 Å². The normalized spacial score (nSPS) is 11.0. The summed E-state index contributed by atoms with van der Waals surface area (Å²) < 4.78 is 0.824. The standard InChI is InChI=1S/C17H12BrN3O2/c18-13-4-1-3-11(9-13)17(23)21-20-10-12-6-7-15(22)16-14(12)5-2-8-19-16/h1-10,22H,(H,21,23)/b20-10-. The summed E-state index contributed by atoms with van der Waals surface area (Å²) in [5.74, 6) is -0.195. The first kappa shape index (κ1) is 15.2. The Morgan fingerprint density at radius 1 is 1.22 bits per heavy atom. The fourth-order valence-electron chi connectivity index (χ4n) is 2.15. The molecule has 1 aromatic heterocycles. The van der Waals surface area contributed by atoms with Crippen LogP contribution in [0.25, 0.3) is 10.9 Å². The number of hydrogen-bond acceptors (Lipinski definition) is 4. The molecule has 0 bridgehead atoms. The first-order valence-electron chi connectivity index (χ1n) is 6.81. The quantitative estimate of drug-likeness (QED) is 0.548. The summed E-state index contributed by atoms with van der Waals surface area (Å²) in [5, 5.41) is 14.5. The first-order valence-corrected chi connectivity index (χ1v) is 7.60. The highest BCUT2D eigenvalue weighted by Gasteiger charge is 2.06. The minimum absolute atomic E-state index is 0.107. The van der Waals surface area contributed by atoms with E-state index in [4.69, 9.17) is 0 Å². The van der Waals surface area contributed by atoms with Crippen molar-refractivity contribution in [2.24, 2.45) is 5.10 Å². The molecule has 3 rings (SSSR count). The number of pyridine rings is 1. The van der Waals surface area contributed by atoms with Crippen LogP contribution in [0.15, 0.2) is 64.3 Å². The third kappa shape index (κ3) is 3.37. The third-order valence-electron chi connectivity index (χ3n) is 3.24. The van der Waals surface area contributed by atoms with Gasteiger partial charge in [-0.3, -0.25) is 9.78 Å². The molecule has 5 nitrogen and oxygen atoms in total. The second-order valence-corrected chi connectivity index (χ2v) is 5.70. The number of amides is 1.